The Morgan fingerprint density at radius 2 is 2.19 bits per heavy atom. The summed E-state index contributed by atoms with van der Waals surface area (Å²) >= 11 is 0. The fourth-order valence-electron chi connectivity index (χ4n) is 3.21. The van der Waals surface area contributed by atoms with E-state index in [1.54, 1.807) is 7.11 Å². The summed E-state index contributed by atoms with van der Waals surface area (Å²) in [5, 5.41) is 3.93. The molecular formula is C20H27N3O3. The molecule has 3 rings (SSSR count). The van der Waals surface area contributed by atoms with Gasteiger partial charge in [-0.25, -0.2) is 0 Å². The maximum absolute atomic E-state index is 5.81. The van der Waals surface area contributed by atoms with E-state index in [0.29, 0.717) is 18.3 Å². The van der Waals surface area contributed by atoms with E-state index in [9.17, 15) is 0 Å². The van der Waals surface area contributed by atoms with Gasteiger partial charge in [0, 0.05) is 6.54 Å². The van der Waals surface area contributed by atoms with Gasteiger partial charge in [0.25, 0.3) is 0 Å². The van der Waals surface area contributed by atoms with Crippen molar-refractivity contribution in [1.29, 1.82) is 0 Å². The lowest BCUT2D eigenvalue weighted by atomic mass is 10.1. The van der Waals surface area contributed by atoms with E-state index in [-0.39, 0.29) is 6.04 Å². The topological polar surface area (TPSA) is 60.6 Å². The predicted octanol–water partition coefficient (Wildman–Crippen LogP) is 4.07. The number of aryl methyl sites for hydroxylation is 1. The van der Waals surface area contributed by atoms with Gasteiger partial charge in [0.05, 0.1) is 13.2 Å². The number of allylic oxidation sites excluding steroid dienone is 1. The van der Waals surface area contributed by atoms with Crippen LogP contribution in [0.4, 0.5) is 0 Å². The Bertz CT molecular complexity index is 765. The van der Waals surface area contributed by atoms with Gasteiger partial charge in [-0.3, -0.25) is 4.90 Å². The molecule has 26 heavy (non-hydrogen) atoms. The molecule has 2 aromatic rings. The van der Waals surface area contributed by atoms with Gasteiger partial charge in [-0.1, -0.05) is 16.8 Å². The van der Waals surface area contributed by atoms with Crippen molar-refractivity contribution in [3.8, 4) is 11.5 Å². The monoisotopic (exact) mass is 357 g/mol. The summed E-state index contributed by atoms with van der Waals surface area (Å²) in [6, 6.07) is 6.31. The number of ether oxygens (including phenoxy) is 2. The van der Waals surface area contributed by atoms with E-state index in [1.165, 1.54) is 11.1 Å². The average Bonchev–Trinajstić information content (AvgIpc) is 3.24. The second-order valence-electron chi connectivity index (χ2n) is 6.89. The SMILES string of the molecule is COc1cc(CN2CCC[C@H]2c2nc(C)no2)ccc1OCC=C(C)C. The molecule has 0 radical (unpaired) electrons. The standard InChI is InChI=1S/C20H27N3O3/c1-14(2)9-11-25-18-8-7-16(12-19(18)24-4)13-23-10-5-6-17(23)20-21-15(3)22-26-20/h7-9,12,17H,5-6,10-11,13H2,1-4H3/t17-/m0/s1. The van der Waals surface area contributed by atoms with Gasteiger partial charge < -0.3 is 14.0 Å². The lowest BCUT2D eigenvalue weighted by Crippen LogP contribution is -2.23. The predicted molar refractivity (Wildman–Crippen MR) is 99.3 cm³/mol. The zero-order valence-electron chi connectivity index (χ0n) is 16.0. The maximum Gasteiger partial charge on any atom is 0.243 e. The molecule has 1 aliphatic heterocycles. The summed E-state index contributed by atoms with van der Waals surface area (Å²) in [5.41, 5.74) is 2.41. The van der Waals surface area contributed by atoms with Crippen molar-refractivity contribution >= 4 is 0 Å². The highest BCUT2D eigenvalue weighted by atomic mass is 16.5. The first kappa shape index (κ1) is 18.5. The number of aromatic nitrogens is 2. The maximum atomic E-state index is 5.81. The molecule has 1 aromatic carbocycles. The molecule has 0 unspecified atom stereocenters. The number of rotatable bonds is 7. The minimum absolute atomic E-state index is 0.191. The summed E-state index contributed by atoms with van der Waals surface area (Å²) in [5.74, 6) is 2.92. The summed E-state index contributed by atoms with van der Waals surface area (Å²) in [6.45, 7) is 8.35. The number of nitrogens with zero attached hydrogens (tertiary/aromatic N) is 3. The molecule has 0 bridgehead atoms. The zero-order valence-corrected chi connectivity index (χ0v) is 16.0. The molecule has 1 aliphatic rings. The highest BCUT2D eigenvalue weighted by Gasteiger charge is 2.30. The van der Waals surface area contributed by atoms with Gasteiger partial charge >= 0.3 is 0 Å². The number of likely N-dealkylation sites (tertiary alicyclic amines) is 1. The minimum Gasteiger partial charge on any atom is -0.493 e. The van der Waals surface area contributed by atoms with Gasteiger partial charge in [-0.2, -0.15) is 4.98 Å². The largest absolute Gasteiger partial charge is 0.493 e. The van der Waals surface area contributed by atoms with Gasteiger partial charge in [-0.05, 0) is 63.9 Å². The van der Waals surface area contributed by atoms with Crippen LogP contribution in [-0.2, 0) is 6.54 Å². The summed E-state index contributed by atoms with van der Waals surface area (Å²) in [7, 11) is 1.67. The Balaban J connectivity index is 1.70. The molecule has 0 amide bonds. The molecule has 6 heteroatoms. The van der Waals surface area contributed by atoms with Gasteiger partial charge in [0.2, 0.25) is 5.89 Å². The fourth-order valence-corrected chi connectivity index (χ4v) is 3.21. The third-order valence-electron chi connectivity index (χ3n) is 4.54. The van der Waals surface area contributed by atoms with Crippen LogP contribution in [0.1, 0.15) is 50.0 Å². The number of methoxy groups -OCH3 is 1. The van der Waals surface area contributed by atoms with Crippen LogP contribution in [-0.4, -0.2) is 35.3 Å². The molecule has 140 valence electrons. The van der Waals surface area contributed by atoms with E-state index >= 15 is 0 Å². The first-order valence-electron chi connectivity index (χ1n) is 9.04. The summed E-state index contributed by atoms with van der Waals surface area (Å²) in [6.07, 6.45) is 4.23. The van der Waals surface area contributed by atoms with Crippen LogP contribution in [0.5, 0.6) is 11.5 Å². The van der Waals surface area contributed by atoms with Gasteiger partial charge in [0.1, 0.15) is 6.61 Å². The van der Waals surface area contributed by atoms with Crippen molar-refractivity contribution in [2.45, 2.75) is 46.2 Å². The minimum atomic E-state index is 0.191. The lowest BCUT2D eigenvalue weighted by molar-refractivity contribution is 0.200. The quantitative estimate of drug-likeness (QED) is 0.696. The van der Waals surface area contributed by atoms with Crippen molar-refractivity contribution in [1.82, 2.24) is 15.0 Å². The molecule has 0 spiro atoms. The van der Waals surface area contributed by atoms with Crippen LogP contribution in [0, 0.1) is 6.92 Å². The van der Waals surface area contributed by atoms with Crippen molar-refractivity contribution in [3.05, 3.63) is 47.1 Å². The Hall–Kier alpha value is -2.34. The number of benzene rings is 1. The van der Waals surface area contributed by atoms with Gasteiger partial charge in [0.15, 0.2) is 17.3 Å². The summed E-state index contributed by atoms with van der Waals surface area (Å²) in [4.78, 5) is 6.79. The molecule has 1 aromatic heterocycles. The van der Waals surface area contributed by atoms with E-state index in [4.69, 9.17) is 14.0 Å². The first-order chi connectivity index (χ1) is 12.6. The normalized spacial score (nSPS) is 17.3. The van der Waals surface area contributed by atoms with Crippen LogP contribution in [0.15, 0.2) is 34.4 Å². The van der Waals surface area contributed by atoms with E-state index in [1.807, 2.05) is 19.1 Å². The second-order valence-corrected chi connectivity index (χ2v) is 6.89. The zero-order chi connectivity index (χ0) is 18.5. The summed E-state index contributed by atoms with van der Waals surface area (Å²) < 4.78 is 16.7. The molecule has 0 aliphatic carbocycles. The molecular weight excluding hydrogens is 330 g/mol. The van der Waals surface area contributed by atoms with Crippen molar-refractivity contribution < 1.29 is 14.0 Å². The van der Waals surface area contributed by atoms with E-state index < -0.39 is 0 Å². The van der Waals surface area contributed by atoms with Crippen molar-refractivity contribution in [2.75, 3.05) is 20.3 Å². The molecule has 6 nitrogen and oxygen atoms in total. The number of hydrogen-bond donors (Lipinski definition) is 0. The molecule has 2 heterocycles. The van der Waals surface area contributed by atoms with Crippen molar-refractivity contribution in [3.63, 3.8) is 0 Å². The van der Waals surface area contributed by atoms with Crippen LogP contribution in [0.3, 0.4) is 0 Å². The first-order valence-corrected chi connectivity index (χ1v) is 9.04. The Morgan fingerprint density at radius 1 is 1.35 bits per heavy atom. The van der Waals surface area contributed by atoms with Crippen LogP contribution < -0.4 is 9.47 Å². The Morgan fingerprint density at radius 3 is 2.88 bits per heavy atom. The third kappa shape index (κ3) is 4.43. The average molecular weight is 357 g/mol. The third-order valence-corrected chi connectivity index (χ3v) is 4.54. The fraction of sp³-hybridized carbons (Fsp3) is 0.500. The molecule has 1 saturated heterocycles. The Kier molecular flexibility index (Phi) is 5.93. The molecule has 0 N–H and O–H groups in total. The molecule has 0 saturated carbocycles. The van der Waals surface area contributed by atoms with Gasteiger partial charge in [-0.15, -0.1) is 0 Å². The lowest BCUT2D eigenvalue weighted by Gasteiger charge is -2.22. The Labute approximate surface area is 154 Å². The highest BCUT2D eigenvalue weighted by molar-refractivity contribution is 5.43. The molecule has 1 fully saturated rings. The highest BCUT2D eigenvalue weighted by Crippen LogP contribution is 2.34. The van der Waals surface area contributed by atoms with Crippen LogP contribution in [0.2, 0.25) is 0 Å². The van der Waals surface area contributed by atoms with E-state index in [0.717, 1.165) is 37.4 Å². The van der Waals surface area contributed by atoms with Crippen LogP contribution in [0.25, 0.3) is 0 Å². The second kappa shape index (κ2) is 8.36. The smallest absolute Gasteiger partial charge is 0.243 e. The number of hydrogen-bond acceptors (Lipinski definition) is 6. The van der Waals surface area contributed by atoms with Crippen molar-refractivity contribution in [2.24, 2.45) is 0 Å². The van der Waals surface area contributed by atoms with Crippen LogP contribution >= 0.6 is 0 Å². The molecule has 1 atom stereocenters. The van der Waals surface area contributed by atoms with E-state index in [2.05, 4.69) is 41.0 Å².